The molecule has 0 aromatic carbocycles. The average molecular weight is 259 g/mol. The number of rotatable bonds is 3. The Morgan fingerprint density at radius 3 is 2.71 bits per heavy atom. The first-order valence-electron chi connectivity index (χ1n) is 4.67. The fourth-order valence-corrected chi connectivity index (χ4v) is 1.89. The molecule has 0 fully saturated rings. The lowest BCUT2D eigenvalue weighted by atomic mass is 10.3. The first kappa shape index (κ1) is 11.8. The third-order valence-electron chi connectivity index (χ3n) is 2.11. The van der Waals surface area contributed by atoms with Crippen molar-refractivity contribution in [2.24, 2.45) is 0 Å². The molecule has 0 aliphatic carbocycles. The quantitative estimate of drug-likeness (QED) is 0.793. The molecular weight excluding hydrogens is 251 g/mol. The van der Waals surface area contributed by atoms with Crippen molar-refractivity contribution in [3.8, 4) is 0 Å². The molecular formula is C10H8F3N3S. The molecule has 0 aliphatic heterocycles. The highest BCUT2D eigenvalue weighted by Gasteiger charge is 2.15. The lowest BCUT2D eigenvalue weighted by Crippen LogP contribution is -2.20. The molecule has 0 bridgehead atoms. The van der Waals surface area contributed by atoms with Crippen molar-refractivity contribution in [3.05, 3.63) is 40.2 Å². The molecule has 0 unspecified atom stereocenters. The fraction of sp³-hybridized carbons (Fsp3) is 0.200. The molecule has 3 nitrogen and oxygen atoms in total. The van der Waals surface area contributed by atoms with Gasteiger partial charge in [-0.2, -0.15) is 9.37 Å². The lowest BCUT2D eigenvalue weighted by molar-refractivity contribution is 0.463. The van der Waals surface area contributed by atoms with Crippen molar-refractivity contribution in [3.63, 3.8) is 0 Å². The van der Waals surface area contributed by atoms with E-state index in [0.717, 1.165) is 0 Å². The third-order valence-corrected chi connectivity index (χ3v) is 2.75. The van der Waals surface area contributed by atoms with Gasteiger partial charge < -0.3 is 4.90 Å². The molecule has 7 heteroatoms. The van der Waals surface area contributed by atoms with Gasteiger partial charge in [0.1, 0.15) is 0 Å². The fourth-order valence-electron chi connectivity index (χ4n) is 1.34. The van der Waals surface area contributed by atoms with Gasteiger partial charge in [0.05, 0.1) is 17.7 Å². The number of hydrogen-bond donors (Lipinski definition) is 0. The van der Waals surface area contributed by atoms with Gasteiger partial charge in [0.2, 0.25) is 0 Å². The number of anilines is 1. The maximum atomic E-state index is 13.4. The van der Waals surface area contributed by atoms with Crippen LogP contribution in [0.15, 0.2) is 17.0 Å². The van der Waals surface area contributed by atoms with E-state index in [0.29, 0.717) is 11.8 Å². The first-order valence-corrected chi connectivity index (χ1v) is 5.62. The Morgan fingerprint density at radius 2 is 2.06 bits per heavy atom. The zero-order valence-electron chi connectivity index (χ0n) is 8.82. The molecule has 0 amide bonds. The van der Waals surface area contributed by atoms with Gasteiger partial charge in [-0.05, 0) is 0 Å². The van der Waals surface area contributed by atoms with E-state index in [1.165, 1.54) is 23.3 Å². The molecule has 2 heterocycles. The number of pyridine rings is 1. The van der Waals surface area contributed by atoms with Crippen molar-refractivity contribution in [1.82, 2.24) is 9.97 Å². The van der Waals surface area contributed by atoms with E-state index in [2.05, 4.69) is 9.97 Å². The molecule has 0 aliphatic rings. The van der Waals surface area contributed by atoms with Crippen LogP contribution >= 0.6 is 11.3 Å². The van der Waals surface area contributed by atoms with Gasteiger partial charge >= 0.3 is 0 Å². The van der Waals surface area contributed by atoms with Gasteiger partial charge in [-0.3, -0.25) is 0 Å². The van der Waals surface area contributed by atoms with E-state index in [4.69, 9.17) is 0 Å². The van der Waals surface area contributed by atoms with Crippen molar-refractivity contribution in [1.29, 1.82) is 0 Å². The average Bonchev–Trinajstić information content (AvgIpc) is 2.76. The predicted molar refractivity (Wildman–Crippen MR) is 58.3 cm³/mol. The Bertz CT molecular complexity index is 516. The number of halogens is 3. The summed E-state index contributed by atoms with van der Waals surface area (Å²) in [6.45, 7) is 0.276. The van der Waals surface area contributed by atoms with Crippen LogP contribution in [0.2, 0.25) is 0 Å². The Kier molecular flexibility index (Phi) is 3.28. The predicted octanol–water partition coefficient (Wildman–Crippen LogP) is 2.59. The lowest BCUT2D eigenvalue weighted by Gasteiger charge is -2.17. The van der Waals surface area contributed by atoms with Gasteiger partial charge in [0, 0.05) is 18.5 Å². The Labute approximate surface area is 99.6 Å². The zero-order chi connectivity index (χ0) is 12.4. The summed E-state index contributed by atoms with van der Waals surface area (Å²) < 4.78 is 39.0. The Balaban J connectivity index is 2.24. The van der Waals surface area contributed by atoms with Crippen LogP contribution in [-0.2, 0) is 6.54 Å². The molecule has 0 saturated heterocycles. The molecule has 0 N–H and O–H groups in total. The van der Waals surface area contributed by atoms with Crippen LogP contribution in [0.3, 0.4) is 0 Å². The second kappa shape index (κ2) is 4.70. The van der Waals surface area contributed by atoms with E-state index < -0.39 is 17.6 Å². The number of thiazole rings is 1. The highest BCUT2D eigenvalue weighted by atomic mass is 32.1. The molecule has 2 rings (SSSR count). The summed E-state index contributed by atoms with van der Waals surface area (Å²) in [6.07, 6.45) is 0. The van der Waals surface area contributed by atoms with Crippen LogP contribution in [0.25, 0.3) is 0 Å². The van der Waals surface area contributed by atoms with Crippen LogP contribution in [0, 0.1) is 17.6 Å². The highest BCUT2D eigenvalue weighted by molar-refractivity contribution is 7.07. The summed E-state index contributed by atoms with van der Waals surface area (Å²) in [5.74, 6) is -3.75. The monoisotopic (exact) mass is 259 g/mol. The summed E-state index contributed by atoms with van der Waals surface area (Å²) in [4.78, 5) is 8.62. The van der Waals surface area contributed by atoms with Crippen molar-refractivity contribution < 1.29 is 13.2 Å². The number of aromatic nitrogens is 2. The van der Waals surface area contributed by atoms with Gasteiger partial charge in [-0.15, -0.1) is 11.3 Å². The third kappa shape index (κ3) is 2.55. The number of nitrogens with zero attached hydrogens (tertiary/aromatic N) is 3. The normalized spacial score (nSPS) is 10.6. The minimum Gasteiger partial charge on any atom is -0.351 e. The van der Waals surface area contributed by atoms with E-state index in [1.807, 2.05) is 0 Å². The SMILES string of the molecule is CN(Cc1cscn1)c1nc(F)c(F)cc1F. The van der Waals surface area contributed by atoms with E-state index in [1.54, 1.807) is 10.9 Å². The number of hydrogen-bond acceptors (Lipinski definition) is 4. The maximum Gasteiger partial charge on any atom is 0.251 e. The molecule has 90 valence electrons. The second-order valence-electron chi connectivity index (χ2n) is 3.40. The standard InChI is InChI=1S/C10H8F3N3S/c1-16(3-6-4-17-5-14-6)10-8(12)2-7(11)9(13)15-10/h2,4-5H,3H2,1H3. The highest BCUT2D eigenvalue weighted by Crippen LogP contribution is 2.19. The van der Waals surface area contributed by atoms with Crippen molar-refractivity contribution >= 4 is 17.2 Å². The van der Waals surface area contributed by atoms with Crippen molar-refractivity contribution in [2.45, 2.75) is 6.54 Å². The molecule has 2 aromatic heterocycles. The maximum absolute atomic E-state index is 13.4. The molecule has 17 heavy (non-hydrogen) atoms. The molecule has 0 atom stereocenters. The van der Waals surface area contributed by atoms with Crippen LogP contribution in [0.5, 0.6) is 0 Å². The van der Waals surface area contributed by atoms with Crippen LogP contribution < -0.4 is 4.90 Å². The second-order valence-corrected chi connectivity index (χ2v) is 4.12. The van der Waals surface area contributed by atoms with Gasteiger partial charge in [-0.25, -0.2) is 13.8 Å². The van der Waals surface area contributed by atoms with Crippen molar-refractivity contribution in [2.75, 3.05) is 11.9 Å². The van der Waals surface area contributed by atoms with Gasteiger partial charge in [0.25, 0.3) is 5.95 Å². The molecule has 0 spiro atoms. The van der Waals surface area contributed by atoms with E-state index in [-0.39, 0.29) is 12.4 Å². The largest absolute Gasteiger partial charge is 0.351 e. The summed E-state index contributed by atoms with van der Waals surface area (Å²) in [7, 11) is 1.53. The van der Waals surface area contributed by atoms with Crippen LogP contribution in [0.4, 0.5) is 19.0 Å². The first-order chi connectivity index (χ1) is 8.08. The Hall–Kier alpha value is -1.63. The summed E-state index contributed by atoms with van der Waals surface area (Å²) >= 11 is 1.40. The van der Waals surface area contributed by atoms with Gasteiger partial charge in [-0.1, -0.05) is 0 Å². The minimum atomic E-state index is -1.31. The molecule has 0 radical (unpaired) electrons. The minimum absolute atomic E-state index is 0.239. The summed E-state index contributed by atoms with van der Waals surface area (Å²) in [5, 5.41) is 1.79. The smallest absolute Gasteiger partial charge is 0.251 e. The zero-order valence-corrected chi connectivity index (χ0v) is 9.64. The topological polar surface area (TPSA) is 29.0 Å². The molecule has 2 aromatic rings. The van der Waals surface area contributed by atoms with Gasteiger partial charge in [0.15, 0.2) is 17.5 Å². The summed E-state index contributed by atoms with van der Waals surface area (Å²) in [5.41, 5.74) is 2.35. The van der Waals surface area contributed by atoms with E-state index in [9.17, 15) is 13.2 Å². The van der Waals surface area contributed by atoms with Crippen LogP contribution in [0.1, 0.15) is 5.69 Å². The Morgan fingerprint density at radius 1 is 1.29 bits per heavy atom. The van der Waals surface area contributed by atoms with E-state index >= 15 is 0 Å². The molecule has 0 saturated carbocycles. The summed E-state index contributed by atoms with van der Waals surface area (Å²) in [6, 6.07) is 0.481. The van der Waals surface area contributed by atoms with Crippen LogP contribution in [-0.4, -0.2) is 17.0 Å².